The third kappa shape index (κ3) is 4.71. The lowest BCUT2D eigenvalue weighted by Crippen LogP contribution is -2.33. The van der Waals surface area contributed by atoms with E-state index in [0.717, 1.165) is 31.2 Å². The molecule has 2 aromatic carbocycles. The average Bonchev–Trinajstić information content (AvgIpc) is 3.67. The van der Waals surface area contributed by atoms with Gasteiger partial charge in [-0.25, -0.2) is 13.1 Å². The summed E-state index contributed by atoms with van der Waals surface area (Å²) in [5.74, 6) is -0.342. The lowest BCUT2D eigenvalue weighted by molar-refractivity contribution is 0.0729. The smallest absolute Gasteiger partial charge is 0.254 e. The van der Waals surface area contributed by atoms with Crippen molar-refractivity contribution in [2.75, 3.05) is 7.05 Å². The Morgan fingerprint density at radius 3 is 2.30 bits per heavy atom. The highest BCUT2D eigenvalue weighted by Crippen LogP contribution is 2.30. The zero-order valence-electron chi connectivity index (χ0n) is 16.8. The van der Waals surface area contributed by atoms with E-state index < -0.39 is 10.0 Å². The minimum atomic E-state index is -3.62. The Hall–Kier alpha value is -2.71. The number of carbonyl (C=O) groups is 2. The van der Waals surface area contributed by atoms with Gasteiger partial charge < -0.3 is 10.2 Å². The van der Waals surface area contributed by atoms with Gasteiger partial charge in [0, 0.05) is 36.8 Å². The van der Waals surface area contributed by atoms with Crippen LogP contribution < -0.4 is 10.0 Å². The second-order valence-electron chi connectivity index (χ2n) is 7.86. The van der Waals surface area contributed by atoms with E-state index in [1.807, 2.05) is 12.1 Å². The van der Waals surface area contributed by atoms with E-state index in [0.29, 0.717) is 17.7 Å². The van der Waals surface area contributed by atoms with Crippen molar-refractivity contribution in [1.29, 1.82) is 0 Å². The first-order valence-corrected chi connectivity index (χ1v) is 11.6. The number of benzene rings is 2. The van der Waals surface area contributed by atoms with Crippen LogP contribution in [0.1, 0.15) is 52.0 Å². The van der Waals surface area contributed by atoms with Gasteiger partial charge >= 0.3 is 0 Å². The van der Waals surface area contributed by atoms with Crippen molar-refractivity contribution < 1.29 is 18.0 Å². The van der Waals surface area contributed by atoms with Crippen molar-refractivity contribution in [2.45, 2.75) is 49.2 Å². The van der Waals surface area contributed by atoms with E-state index in [1.165, 1.54) is 12.1 Å². The van der Waals surface area contributed by atoms with E-state index in [2.05, 4.69) is 10.0 Å². The van der Waals surface area contributed by atoms with E-state index in [-0.39, 0.29) is 28.8 Å². The Balaban J connectivity index is 1.53. The monoisotopic (exact) mass is 427 g/mol. The first-order chi connectivity index (χ1) is 14.4. The first kappa shape index (κ1) is 20.6. The number of hydrogen-bond donors (Lipinski definition) is 2. The summed E-state index contributed by atoms with van der Waals surface area (Å²) in [5.41, 5.74) is 1.84. The molecular formula is C22H25N3O4S. The summed E-state index contributed by atoms with van der Waals surface area (Å²) in [6.07, 6.45) is 3.57. The summed E-state index contributed by atoms with van der Waals surface area (Å²) in [7, 11) is -2.03. The summed E-state index contributed by atoms with van der Waals surface area (Å²) in [6, 6.07) is 13.6. The molecule has 2 aliphatic rings. The number of nitrogens with zero attached hydrogens (tertiary/aromatic N) is 1. The molecule has 2 fully saturated rings. The van der Waals surface area contributed by atoms with Crippen molar-refractivity contribution in [3.63, 3.8) is 0 Å². The lowest BCUT2D eigenvalue weighted by Gasteiger charge is -2.23. The van der Waals surface area contributed by atoms with Gasteiger partial charge in [-0.15, -0.1) is 0 Å². The van der Waals surface area contributed by atoms with Crippen molar-refractivity contribution in [3.8, 4) is 0 Å². The highest BCUT2D eigenvalue weighted by Gasteiger charge is 2.34. The molecular weight excluding hydrogens is 402 g/mol. The molecule has 0 aromatic heterocycles. The van der Waals surface area contributed by atoms with Gasteiger partial charge in [-0.1, -0.05) is 18.2 Å². The SMILES string of the molecule is CNC(=O)c1ccc(CN(C(=O)c2cccc(S(=O)(=O)NC3CC3)c2)C2CC2)cc1. The summed E-state index contributed by atoms with van der Waals surface area (Å²) < 4.78 is 27.7. The van der Waals surface area contributed by atoms with E-state index in [4.69, 9.17) is 0 Å². The molecule has 2 saturated carbocycles. The van der Waals surface area contributed by atoms with E-state index in [1.54, 1.807) is 36.2 Å². The second kappa shape index (κ2) is 8.20. The molecule has 0 spiro atoms. The second-order valence-corrected chi connectivity index (χ2v) is 9.58. The molecule has 0 saturated heterocycles. The molecule has 2 amide bonds. The fraction of sp³-hybridized carbons (Fsp3) is 0.364. The number of amides is 2. The van der Waals surface area contributed by atoms with Crippen LogP contribution in [0.25, 0.3) is 0 Å². The quantitative estimate of drug-likeness (QED) is 0.676. The zero-order valence-corrected chi connectivity index (χ0v) is 17.6. The van der Waals surface area contributed by atoms with Crippen LogP contribution in [-0.4, -0.2) is 44.3 Å². The molecule has 8 heteroatoms. The van der Waals surface area contributed by atoms with Gasteiger partial charge in [-0.05, 0) is 61.6 Å². The summed E-state index contributed by atoms with van der Waals surface area (Å²) in [4.78, 5) is 26.8. The average molecular weight is 428 g/mol. The van der Waals surface area contributed by atoms with Crippen molar-refractivity contribution >= 4 is 21.8 Å². The molecule has 7 nitrogen and oxygen atoms in total. The lowest BCUT2D eigenvalue weighted by atomic mass is 10.1. The predicted molar refractivity (Wildman–Crippen MR) is 113 cm³/mol. The Morgan fingerprint density at radius 2 is 1.70 bits per heavy atom. The van der Waals surface area contributed by atoms with Crippen LogP contribution in [0.15, 0.2) is 53.4 Å². The van der Waals surface area contributed by atoms with Gasteiger partial charge in [-0.2, -0.15) is 0 Å². The minimum Gasteiger partial charge on any atom is -0.355 e. The Kier molecular flexibility index (Phi) is 5.62. The normalized spacial score (nSPS) is 16.2. The number of rotatable bonds is 8. The van der Waals surface area contributed by atoms with Crippen LogP contribution in [0, 0.1) is 0 Å². The van der Waals surface area contributed by atoms with Gasteiger partial charge in [-0.3, -0.25) is 9.59 Å². The van der Waals surface area contributed by atoms with Crippen molar-refractivity contribution in [2.24, 2.45) is 0 Å². The molecule has 4 rings (SSSR count). The molecule has 2 aliphatic carbocycles. The topological polar surface area (TPSA) is 95.6 Å². The van der Waals surface area contributed by atoms with Gasteiger partial charge in [0.05, 0.1) is 4.90 Å². The van der Waals surface area contributed by atoms with E-state index >= 15 is 0 Å². The zero-order chi connectivity index (χ0) is 21.3. The van der Waals surface area contributed by atoms with E-state index in [9.17, 15) is 18.0 Å². The number of nitrogens with one attached hydrogen (secondary N) is 2. The molecule has 30 heavy (non-hydrogen) atoms. The van der Waals surface area contributed by atoms with Crippen LogP contribution in [-0.2, 0) is 16.6 Å². The molecule has 2 aromatic rings. The third-order valence-electron chi connectivity index (χ3n) is 5.34. The van der Waals surface area contributed by atoms with Crippen molar-refractivity contribution in [3.05, 3.63) is 65.2 Å². The molecule has 0 unspecified atom stereocenters. The molecule has 0 atom stereocenters. The molecule has 158 valence electrons. The fourth-order valence-electron chi connectivity index (χ4n) is 3.31. The predicted octanol–water partition coefficient (Wildman–Crippen LogP) is 2.29. The largest absolute Gasteiger partial charge is 0.355 e. The Labute approximate surface area is 176 Å². The number of sulfonamides is 1. The number of hydrogen-bond acceptors (Lipinski definition) is 4. The van der Waals surface area contributed by atoms with Gasteiger partial charge in [0.2, 0.25) is 10.0 Å². The van der Waals surface area contributed by atoms with Crippen LogP contribution in [0.5, 0.6) is 0 Å². The molecule has 0 radical (unpaired) electrons. The summed E-state index contributed by atoms with van der Waals surface area (Å²) >= 11 is 0. The molecule has 0 bridgehead atoms. The van der Waals surface area contributed by atoms with Crippen LogP contribution in [0.4, 0.5) is 0 Å². The number of carbonyl (C=O) groups excluding carboxylic acids is 2. The minimum absolute atomic E-state index is 0.00933. The third-order valence-corrected chi connectivity index (χ3v) is 6.85. The fourth-order valence-corrected chi connectivity index (χ4v) is 4.66. The molecule has 0 heterocycles. The maximum atomic E-state index is 13.2. The van der Waals surface area contributed by atoms with Gasteiger partial charge in [0.15, 0.2) is 0 Å². The highest BCUT2D eigenvalue weighted by molar-refractivity contribution is 7.89. The van der Waals surface area contributed by atoms with Crippen LogP contribution in [0.3, 0.4) is 0 Å². The maximum Gasteiger partial charge on any atom is 0.254 e. The van der Waals surface area contributed by atoms with Crippen LogP contribution in [0.2, 0.25) is 0 Å². The maximum absolute atomic E-state index is 13.2. The van der Waals surface area contributed by atoms with Gasteiger partial charge in [0.1, 0.15) is 0 Å². The van der Waals surface area contributed by atoms with Gasteiger partial charge in [0.25, 0.3) is 11.8 Å². The molecule has 2 N–H and O–H groups in total. The standard InChI is InChI=1S/C22H25N3O4S/c1-23-21(26)16-7-5-15(6-8-16)14-25(19-11-12-19)22(27)17-3-2-4-20(13-17)30(28,29)24-18-9-10-18/h2-8,13,18-19,24H,9-12,14H2,1H3,(H,23,26). The van der Waals surface area contributed by atoms with Crippen LogP contribution >= 0.6 is 0 Å². The Bertz CT molecular complexity index is 1060. The Morgan fingerprint density at radius 1 is 1.00 bits per heavy atom. The van der Waals surface area contributed by atoms with Crippen molar-refractivity contribution in [1.82, 2.24) is 14.9 Å². The summed E-state index contributed by atoms with van der Waals surface area (Å²) in [6.45, 7) is 0.412. The summed E-state index contributed by atoms with van der Waals surface area (Å²) in [5, 5.41) is 2.58. The molecule has 0 aliphatic heterocycles. The first-order valence-electron chi connectivity index (χ1n) is 10.1. The highest BCUT2D eigenvalue weighted by atomic mass is 32.2.